The van der Waals surface area contributed by atoms with Crippen molar-refractivity contribution in [1.82, 2.24) is 0 Å². The predicted octanol–water partition coefficient (Wildman–Crippen LogP) is 5.20. The summed E-state index contributed by atoms with van der Waals surface area (Å²) in [6.45, 7) is 3.60. The van der Waals surface area contributed by atoms with Crippen LogP contribution in [-0.4, -0.2) is 40.9 Å². The summed E-state index contributed by atoms with van der Waals surface area (Å²) in [7, 11) is -0.678. The second kappa shape index (κ2) is 10.0. The van der Waals surface area contributed by atoms with Gasteiger partial charge in [-0.05, 0) is 48.0 Å². The maximum absolute atomic E-state index is 13.1. The van der Waals surface area contributed by atoms with Gasteiger partial charge in [-0.3, -0.25) is 9.10 Å². The number of anilines is 2. The highest BCUT2D eigenvalue weighted by Gasteiger charge is 2.38. The van der Waals surface area contributed by atoms with Crippen molar-refractivity contribution < 1.29 is 22.7 Å². The van der Waals surface area contributed by atoms with Crippen LogP contribution in [0.4, 0.5) is 11.4 Å². The van der Waals surface area contributed by atoms with Crippen LogP contribution in [0.3, 0.4) is 0 Å². The number of allylic oxidation sites excluding steroid dienone is 1. The van der Waals surface area contributed by atoms with E-state index in [4.69, 9.17) is 16.3 Å². The molecule has 0 atom stereocenters. The Balaban J connectivity index is 1.47. The molecule has 4 rings (SSSR count). The summed E-state index contributed by atoms with van der Waals surface area (Å²) in [5, 5.41) is 0.396. The van der Waals surface area contributed by atoms with Gasteiger partial charge in [-0.1, -0.05) is 55.8 Å². The molecule has 0 radical (unpaired) electrons. The van der Waals surface area contributed by atoms with E-state index in [1.54, 1.807) is 18.2 Å². The fourth-order valence-electron chi connectivity index (χ4n) is 4.43. The van der Waals surface area contributed by atoms with Crippen LogP contribution in [0.5, 0.6) is 0 Å². The van der Waals surface area contributed by atoms with Crippen molar-refractivity contribution in [3.05, 3.63) is 101 Å². The van der Waals surface area contributed by atoms with Crippen LogP contribution in [0, 0.1) is 0 Å². The number of fused-ring (bicyclic) bond motifs is 1. The molecule has 9 heteroatoms. The van der Waals surface area contributed by atoms with Gasteiger partial charge in [-0.15, -0.1) is 0 Å². The lowest BCUT2D eigenvalue weighted by Gasteiger charge is -2.23. The first kappa shape index (κ1) is 26.4. The number of carbonyl (C=O) groups is 2. The first-order valence-electron chi connectivity index (χ1n) is 11.5. The fourth-order valence-corrected chi connectivity index (χ4v) is 5.84. The average molecular weight is 539 g/mol. The number of para-hydroxylation sites is 1. The molecule has 3 aromatic carbocycles. The number of rotatable bonds is 7. The Bertz CT molecular complexity index is 1510. The number of sulfonamides is 1. The zero-order chi connectivity index (χ0) is 27.0. The van der Waals surface area contributed by atoms with Gasteiger partial charge in [0.15, 0.2) is 12.4 Å². The fraction of sp³-hybridized carbons (Fsp3) is 0.214. The van der Waals surface area contributed by atoms with Crippen LogP contribution in [0.25, 0.3) is 0 Å². The minimum Gasteiger partial charge on any atom is -0.454 e. The third-order valence-electron chi connectivity index (χ3n) is 6.48. The lowest BCUT2D eigenvalue weighted by molar-refractivity contribution is -0.117. The Hall–Kier alpha value is -3.62. The van der Waals surface area contributed by atoms with Crippen LogP contribution in [0.2, 0.25) is 5.02 Å². The number of hydrogen-bond acceptors (Lipinski definition) is 6. The van der Waals surface area contributed by atoms with Gasteiger partial charge in [0.1, 0.15) is 0 Å². The molecule has 0 N–H and O–H groups in total. The van der Waals surface area contributed by atoms with Crippen molar-refractivity contribution in [1.29, 1.82) is 0 Å². The van der Waals surface area contributed by atoms with Crippen molar-refractivity contribution in [3.8, 4) is 0 Å². The van der Waals surface area contributed by atoms with E-state index in [1.807, 2.05) is 50.1 Å². The number of benzene rings is 3. The van der Waals surface area contributed by atoms with Crippen LogP contribution in [-0.2, 0) is 25.0 Å². The molecule has 0 spiro atoms. The SMILES string of the molecule is CN1/C(=C/C(=O)COC(=O)c2cccc(S(=O)(=O)N(C)c3cccc(Cl)c3)c2)C(C)(C)c2ccccc21. The monoisotopic (exact) mass is 538 g/mol. The summed E-state index contributed by atoms with van der Waals surface area (Å²) in [5.74, 6) is -1.17. The largest absolute Gasteiger partial charge is 0.454 e. The topological polar surface area (TPSA) is 84.0 Å². The number of ketones is 1. The molecule has 0 saturated carbocycles. The van der Waals surface area contributed by atoms with E-state index in [0.717, 1.165) is 21.3 Å². The maximum Gasteiger partial charge on any atom is 0.338 e. The van der Waals surface area contributed by atoms with Crippen molar-refractivity contribution in [3.63, 3.8) is 0 Å². The van der Waals surface area contributed by atoms with E-state index in [0.29, 0.717) is 10.7 Å². The third kappa shape index (κ3) is 5.12. The standard InChI is InChI=1S/C28H27ClN2O5S/c1-28(2)24-13-5-6-14-25(24)30(3)26(28)17-22(32)18-36-27(33)19-9-7-12-23(15-19)37(34,35)31(4)21-11-8-10-20(29)16-21/h5-17H,18H2,1-4H3/b26-17+. The van der Waals surface area contributed by atoms with Crippen molar-refractivity contribution >= 4 is 44.8 Å². The van der Waals surface area contributed by atoms with Crippen LogP contribution in [0.1, 0.15) is 29.8 Å². The van der Waals surface area contributed by atoms with Gasteiger partial charge in [0.2, 0.25) is 0 Å². The molecule has 1 aliphatic rings. The van der Waals surface area contributed by atoms with Crippen LogP contribution >= 0.6 is 11.6 Å². The van der Waals surface area contributed by atoms with Gasteiger partial charge in [-0.2, -0.15) is 0 Å². The molecular weight excluding hydrogens is 512 g/mol. The summed E-state index contributed by atoms with van der Waals surface area (Å²) in [6, 6.07) is 19.9. The van der Waals surface area contributed by atoms with E-state index in [-0.39, 0.29) is 21.7 Å². The maximum atomic E-state index is 13.1. The smallest absolute Gasteiger partial charge is 0.338 e. The molecule has 1 heterocycles. The Morgan fingerprint density at radius 2 is 1.73 bits per heavy atom. The van der Waals surface area contributed by atoms with Gasteiger partial charge in [0, 0.05) is 42.0 Å². The number of nitrogens with zero attached hydrogens (tertiary/aromatic N) is 2. The van der Waals surface area contributed by atoms with E-state index in [1.165, 1.54) is 43.5 Å². The minimum atomic E-state index is -3.97. The molecular formula is C28H27ClN2O5S. The third-order valence-corrected chi connectivity index (χ3v) is 8.50. The summed E-state index contributed by atoms with van der Waals surface area (Å²) in [5.41, 5.74) is 2.93. The first-order chi connectivity index (χ1) is 17.4. The van der Waals surface area contributed by atoms with Crippen molar-refractivity contribution in [2.75, 3.05) is 29.9 Å². The zero-order valence-corrected chi connectivity index (χ0v) is 22.5. The van der Waals surface area contributed by atoms with Crippen LogP contribution < -0.4 is 9.21 Å². The Morgan fingerprint density at radius 1 is 1.03 bits per heavy atom. The quantitative estimate of drug-likeness (QED) is 0.303. The van der Waals surface area contributed by atoms with E-state index < -0.39 is 22.6 Å². The summed E-state index contributed by atoms with van der Waals surface area (Å²) >= 11 is 6.00. The second-order valence-corrected chi connectivity index (χ2v) is 11.7. The number of ether oxygens (including phenoxy) is 1. The summed E-state index contributed by atoms with van der Waals surface area (Å²) in [6.07, 6.45) is 1.49. The molecule has 0 saturated heterocycles. The Labute approximate surface area is 222 Å². The second-order valence-electron chi connectivity index (χ2n) is 9.25. The van der Waals surface area contributed by atoms with E-state index in [2.05, 4.69) is 0 Å². The molecule has 0 bridgehead atoms. The number of esters is 1. The first-order valence-corrected chi connectivity index (χ1v) is 13.3. The molecule has 7 nitrogen and oxygen atoms in total. The molecule has 0 aromatic heterocycles. The highest BCUT2D eigenvalue weighted by molar-refractivity contribution is 7.92. The molecule has 0 amide bonds. The molecule has 3 aromatic rings. The molecule has 0 fully saturated rings. The Morgan fingerprint density at radius 3 is 2.43 bits per heavy atom. The normalized spacial score (nSPS) is 15.4. The van der Waals surface area contributed by atoms with Gasteiger partial charge in [0.25, 0.3) is 10.0 Å². The minimum absolute atomic E-state index is 0.0201. The van der Waals surface area contributed by atoms with E-state index in [9.17, 15) is 18.0 Å². The highest BCUT2D eigenvalue weighted by atomic mass is 35.5. The number of carbonyl (C=O) groups excluding carboxylic acids is 2. The zero-order valence-electron chi connectivity index (χ0n) is 20.9. The van der Waals surface area contributed by atoms with Gasteiger partial charge < -0.3 is 9.64 Å². The Kier molecular flexibility index (Phi) is 7.17. The molecule has 37 heavy (non-hydrogen) atoms. The van der Waals surface area contributed by atoms with E-state index >= 15 is 0 Å². The van der Waals surface area contributed by atoms with Crippen molar-refractivity contribution in [2.45, 2.75) is 24.2 Å². The number of likely N-dealkylation sites (N-methyl/N-ethyl adjacent to an activating group) is 1. The van der Waals surface area contributed by atoms with Crippen molar-refractivity contribution in [2.24, 2.45) is 0 Å². The molecule has 0 unspecified atom stereocenters. The molecule has 192 valence electrons. The number of hydrogen-bond donors (Lipinski definition) is 0. The molecule has 1 aliphatic heterocycles. The summed E-state index contributed by atoms with van der Waals surface area (Å²) in [4.78, 5) is 27.3. The van der Waals surface area contributed by atoms with Crippen LogP contribution in [0.15, 0.2) is 89.5 Å². The number of halogens is 1. The van der Waals surface area contributed by atoms with Gasteiger partial charge in [-0.25, -0.2) is 13.2 Å². The predicted molar refractivity (Wildman–Crippen MR) is 145 cm³/mol. The lowest BCUT2D eigenvalue weighted by Crippen LogP contribution is -2.27. The highest BCUT2D eigenvalue weighted by Crippen LogP contribution is 2.46. The van der Waals surface area contributed by atoms with Gasteiger partial charge >= 0.3 is 5.97 Å². The molecule has 0 aliphatic carbocycles. The summed E-state index contributed by atoms with van der Waals surface area (Å²) < 4.78 is 32.6. The lowest BCUT2D eigenvalue weighted by atomic mass is 9.83. The van der Waals surface area contributed by atoms with Gasteiger partial charge in [0.05, 0.1) is 16.1 Å². The average Bonchev–Trinajstić information content (AvgIpc) is 3.07.